The molecular formula is C16H15NO4S. The number of nitriles is 1. The molecule has 0 aliphatic carbocycles. The molecule has 6 heteroatoms. The number of hydrogen-bond acceptors (Lipinski definition) is 6. The van der Waals surface area contributed by atoms with Gasteiger partial charge in [-0.1, -0.05) is 11.8 Å². The van der Waals surface area contributed by atoms with Gasteiger partial charge in [-0.25, -0.2) is 0 Å². The van der Waals surface area contributed by atoms with Crippen LogP contribution in [0.25, 0.3) is 0 Å². The molecule has 1 N–H and O–H groups in total. The van der Waals surface area contributed by atoms with Crippen LogP contribution in [0.3, 0.4) is 0 Å². The van der Waals surface area contributed by atoms with Gasteiger partial charge in [0.1, 0.15) is 23.2 Å². The number of thioether (sulfide) groups is 1. The van der Waals surface area contributed by atoms with Crippen LogP contribution in [-0.4, -0.2) is 27.7 Å². The first-order valence-corrected chi connectivity index (χ1v) is 7.84. The third-order valence-electron chi connectivity index (χ3n) is 3.73. The maximum Gasteiger partial charge on any atom is 0.215 e. The Kier molecular flexibility index (Phi) is 3.63. The number of nitrogens with zero attached hydrogens (tertiary/aromatic N) is 1. The summed E-state index contributed by atoms with van der Waals surface area (Å²) in [6, 6.07) is 7.10. The molecule has 0 bridgehead atoms. The second-order valence-corrected chi connectivity index (χ2v) is 6.75. The van der Waals surface area contributed by atoms with Crippen molar-refractivity contribution < 1.29 is 19.4 Å². The van der Waals surface area contributed by atoms with Crippen molar-refractivity contribution in [3.63, 3.8) is 0 Å². The lowest BCUT2D eigenvalue weighted by molar-refractivity contribution is -0.120. The number of aliphatic hydroxyl groups is 1. The molecule has 114 valence electrons. The summed E-state index contributed by atoms with van der Waals surface area (Å²) in [5.41, 5.74) is 0.257. The molecule has 1 aromatic rings. The van der Waals surface area contributed by atoms with E-state index in [1.165, 1.54) is 6.08 Å². The van der Waals surface area contributed by atoms with Crippen molar-refractivity contribution in [2.24, 2.45) is 0 Å². The number of hydrogen-bond donors (Lipinski definition) is 1. The molecule has 0 amide bonds. The van der Waals surface area contributed by atoms with Gasteiger partial charge in [0.15, 0.2) is 6.10 Å². The Morgan fingerprint density at radius 3 is 2.91 bits per heavy atom. The topological polar surface area (TPSA) is 79.5 Å². The summed E-state index contributed by atoms with van der Waals surface area (Å²) in [7, 11) is 0. The molecule has 0 spiro atoms. The molecular weight excluding hydrogens is 302 g/mol. The van der Waals surface area contributed by atoms with Gasteiger partial charge in [0.05, 0.1) is 17.4 Å². The number of rotatable bonds is 2. The molecule has 5 nitrogen and oxygen atoms in total. The van der Waals surface area contributed by atoms with Gasteiger partial charge >= 0.3 is 0 Å². The van der Waals surface area contributed by atoms with Gasteiger partial charge in [0, 0.05) is 11.6 Å². The minimum atomic E-state index is -0.921. The number of benzene rings is 1. The number of aliphatic hydroxyl groups excluding tert-OH is 1. The van der Waals surface area contributed by atoms with Crippen molar-refractivity contribution in [3.8, 4) is 11.8 Å². The van der Waals surface area contributed by atoms with Gasteiger partial charge in [0.2, 0.25) is 5.12 Å². The zero-order valence-electron chi connectivity index (χ0n) is 12.2. The average Bonchev–Trinajstić information content (AvgIpc) is 2.88. The highest BCUT2D eigenvalue weighted by atomic mass is 32.2. The van der Waals surface area contributed by atoms with E-state index in [-0.39, 0.29) is 5.12 Å². The molecule has 1 aromatic carbocycles. The molecule has 2 aliphatic heterocycles. The smallest absolute Gasteiger partial charge is 0.215 e. The van der Waals surface area contributed by atoms with Crippen LogP contribution in [0, 0.1) is 11.3 Å². The number of carbonyl (C=O) groups is 1. The Morgan fingerprint density at radius 1 is 1.50 bits per heavy atom. The normalized spacial score (nSPS) is 25.7. The van der Waals surface area contributed by atoms with E-state index in [0.717, 1.165) is 11.8 Å². The summed E-state index contributed by atoms with van der Waals surface area (Å²) in [6.07, 6.45) is -0.159. The average molecular weight is 317 g/mol. The van der Waals surface area contributed by atoms with E-state index < -0.39 is 17.8 Å². The Hall–Kier alpha value is -1.97. The van der Waals surface area contributed by atoms with E-state index in [0.29, 0.717) is 28.4 Å². The third kappa shape index (κ3) is 2.58. The quantitative estimate of drug-likeness (QED) is 0.901. The van der Waals surface area contributed by atoms with Crippen molar-refractivity contribution in [2.75, 3.05) is 5.75 Å². The molecule has 0 saturated carbocycles. The van der Waals surface area contributed by atoms with Crippen LogP contribution < -0.4 is 4.74 Å². The van der Waals surface area contributed by atoms with Gasteiger partial charge < -0.3 is 14.6 Å². The zero-order chi connectivity index (χ0) is 15.9. The van der Waals surface area contributed by atoms with Crippen LogP contribution in [0.2, 0.25) is 0 Å². The summed E-state index contributed by atoms with van der Waals surface area (Å²) in [5, 5.41) is 19.6. The number of carbonyl (C=O) groups excluding carboxylic acids is 1. The molecule has 2 aliphatic rings. The van der Waals surface area contributed by atoms with E-state index in [9.17, 15) is 9.90 Å². The molecule has 22 heavy (non-hydrogen) atoms. The number of ether oxygens (including phenoxy) is 2. The zero-order valence-corrected chi connectivity index (χ0v) is 13.0. The Balaban J connectivity index is 2.01. The SMILES string of the molecule is CC1(C)Oc2ccc(C#N)cc2[C@H](OC2=CC(=O)SC2)[C@H]1O. The van der Waals surface area contributed by atoms with Crippen LogP contribution in [0.4, 0.5) is 0 Å². The van der Waals surface area contributed by atoms with E-state index in [1.54, 1.807) is 32.0 Å². The molecule has 0 fully saturated rings. The molecule has 0 saturated heterocycles. The standard InChI is InChI=1S/C16H15NO4S/c1-16(2)15(19)14(20-10-6-13(18)22-8-10)11-5-9(7-17)3-4-12(11)21-16/h3-6,14-15,19H,8H2,1-2H3/t14-,15+/m0/s1. The van der Waals surface area contributed by atoms with Crippen LogP contribution in [-0.2, 0) is 9.53 Å². The fourth-order valence-corrected chi connectivity index (χ4v) is 3.18. The highest BCUT2D eigenvalue weighted by Gasteiger charge is 2.45. The largest absolute Gasteiger partial charge is 0.486 e. The van der Waals surface area contributed by atoms with Gasteiger partial charge in [-0.3, -0.25) is 4.79 Å². The van der Waals surface area contributed by atoms with Crippen molar-refractivity contribution in [1.82, 2.24) is 0 Å². The minimum Gasteiger partial charge on any atom is -0.486 e. The predicted octanol–water partition coefficient (Wildman–Crippen LogP) is 2.31. The number of fused-ring (bicyclic) bond motifs is 1. The fraction of sp³-hybridized carbons (Fsp3) is 0.375. The Morgan fingerprint density at radius 2 is 2.27 bits per heavy atom. The first kappa shape index (κ1) is 14.9. The fourth-order valence-electron chi connectivity index (χ4n) is 2.53. The summed E-state index contributed by atoms with van der Waals surface area (Å²) in [4.78, 5) is 11.3. The van der Waals surface area contributed by atoms with Crippen molar-refractivity contribution >= 4 is 16.9 Å². The molecule has 2 heterocycles. The minimum absolute atomic E-state index is 0.0539. The van der Waals surface area contributed by atoms with E-state index >= 15 is 0 Å². The van der Waals surface area contributed by atoms with Crippen LogP contribution >= 0.6 is 11.8 Å². The highest BCUT2D eigenvalue weighted by Crippen LogP contribution is 2.43. The third-order valence-corrected chi connectivity index (χ3v) is 4.56. The van der Waals surface area contributed by atoms with E-state index in [4.69, 9.17) is 14.7 Å². The Bertz CT molecular complexity index is 705. The monoisotopic (exact) mass is 317 g/mol. The lowest BCUT2D eigenvalue weighted by atomic mass is 9.87. The first-order chi connectivity index (χ1) is 10.4. The molecule has 2 atom stereocenters. The molecule has 0 aromatic heterocycles. The summed E-state index contributed by atoms with van der Waals surface area (Å²) < 4.78 is 11.7. The van der Waals surface area contributed by atoms with E-state index in [1.807, 2.05) is 0 Å². The summed E-state index contributed by atoms with van der Waals surface area (Å²) in [5.74, 6) is 1.57. The maximum atomic E-state index is 11.3. The van der Waals surface area contributed by atoms with Crippen LogP contribution in [0.1, 0.15) is 31.1 Å². The Labute approximate surface area is 132 Å². The second-order valence-electron chi connectivity index (χ2n) is 5.77. The maximum absolute atomic E-state index is 11.3. The highest BCUT2D eigenvalue weighted by molar-refractivity contribution is 8.14. The van der Waals surface area contributed by atoms with Gasteiger partial charge in [-0.15, -0.1) is 0 Å². The van der Waals surface area contributed by atoms with Crippen molar-refractivity contribution in [2.45, 2.75) is 31.7 Å². The van der Waals surface area contributed by atoms with Gasteiger partial charge in [-0.2, -0.15) is 5.26 Å². The van der Waals surface area contributed by atoms with Crippen molar-refractivity contribution in [3.05, 3.63) is 41.2 Å². The summed E-state index contributed by atoms with van der Waals surface area (Å²) in [6.45, 7) is 3.55. The molecule has 0 radical (unpaired) electrons. The van der Waals surface area contributed by atoms with Crippen molar-refractivity contribution in [1.29, 1.82) is 5.26 Å². The second kappa shape index (κ2) is 5.34. The molecule has 3 rings (SSSR count). The lowest BCUT2D eigenvalue weighted by Crippen LogP contribution is -2.49. The predicted molar refractivity (Wildman–Crippen MR) is 81.2 cm³/mol. The van der Waals surface area contributed by atoms with Crippen LogP contribution in [0.15, 0.2) is 30.0 Å². The lowest BCUT2D eigenvalue weighted by Gasteiger charge is -2.42. The first-order valence-electron chi connectivity index (χ1n) is 6.86. The van der Waals surface area contributed by atoms with Gasteiger partial charge in [0.25, 0.3) is 0 Å². The molecule has 0 unspecified atom stereocenters. The van der Waals surface area contributed by atoms with Crippen LogP contribution in [0.5, 0.6) is 5.75 Å². The summed E-state index contributed by atoms with van der Waals surface area (Å²) >= 11 is 1.16. The van der Waals surface area contributed by atoms with E-state index in [2.05, 4.69) is 6.07 Å². The van der Waals surface area contributed by atoms with Gasteiger partial charge in [-0.05, 0) is 32.0 Å².